The molecule has 3 aromatic rings. The molecule has 6 nitrogen and oxygen atoms in total. The maximum atomic E-state index is 12.7. The van der Waals surface area contributed by atoms with E-state index >= 15 is 0 Å². The van der Waals surface area contributed by atoms with E-state index in [0.29, 0.717) is 24.5 Å². The highest BCUT2D eigenvalue weighted by molar-refractivity contribution is 5.99. The zero-order valence-electron chi connectivity index (χ0n) is 16.8. The fourth-order valence-electron chi connectivity index (χ4n) is 3.72. The van der Waals surface area contributed by atoms with Crippen LogP contribution in [0.15, 0.2) is 52.9 Å². The first-order valence-electron chi connectivity index (χ1n) is 9.87. The number of hydrogen-bond acceptors (Lipinski definition) is 5. The highest BCUT2D eigenvalue weighted by atomic mass is 16.5. The maximum absolute atomic E-state index is 12.7. The second-order valence-corrected chi connectivity index (χ2v) is 7.34. The van der Waals surface area contributed by atoms with Gasteiger partial charge in [0, 0.05) is 37.1 Å². The molecule has 1 aromatic heterocycles. The Labute approximate surface area is 170 Å². The normalized spacial score (nSPS) is 17.4. The Balaban J connectivity index is 1.36. The molecule has 1 atom stereocenters. The molecule has 4 rings (SSSR count). The number of methoxy groups -OCH3 is 1. The lowest BCUT2D eigenvalue weighted by Gasteiger charge is -2.33. The van der Waals surface area contributed by atoms with Crippen LogP contribution >= 0.6 is 0 Å². The molecule has 2 heterocycles. The van der Waals surface area contributed by atoms with Gasteiger partial charge in [-0.25, -0.2) is 0 Å². The summed E-state index contributed by atoms with van der Waals surface area (Å²) in [6, 6.07) is 15.9. The van der Waals surface area contributed by atoms with E-state index < -0.39 is 0 Å². The van der Waals surface area contributed by atoms with Gasteiger partial charge in [-0.3, -0.25) is 9.69 Å². The molecule has 0 unspecified atom stereocenters. The van der Waals surface area contributed by atoms with Gasteiger partial charge in [0.1, 0.15) is 11.3 Å². The molecule has 29 heavy (non-hydrogen) atoms. The highest BCUT2D eigenvalue weighted by Gasteiger charge is 2.23. The number of ether oxygens (including phenoxy) is 2. The summed E-state index contributed by atoms with van der Waals surface area (Å²) in [7, 11) is 1.62. The Morgan fingerprint density at radius 1 is 1.24 bits per heavy atom. The molecular formula is C23H26N2O4. The van der Waals surface area contributed by atoms with Crippen LogP contribution in [0.25, 0.3) is 11.0 Å². The standard InChI is InChI=1S/C23H26N2O4/c1-16-20-12-18(27-2)8-9-21(20)29-22(16)23(26)24-13-19-15-25(10-11-28-19)14-17-6-4-3-5-7-17/h3-9,12,19H,10-11,13-15H2,1-2H3,(H,24,26)/t19-/m0/s1. The Morgan fingerprint density at radius 2 is 2.07 bits per heavy atom. The monoisotopic (exact) mass is 394 g/mol. The molecule has 152 valence electrons. The van der Waals surface area contributed by atoms with E-state index in [1.54, 1.807) is 7.11 Å². The lowest BCUT2D eigenvalue weighted by molar-refractivity contribution is -0.0293. The third-order valence-electron chi connectivity index (χ3n) is 5.31. The van der Waals surface area contributed by atoms with Crippen molar-refractivity contribution >= 4 is 16.9 Å². The van der Waals surface area contributed by atoms with E-state index in [4.69, 9.17) is 13.9 Å². The fraction of sp³-hybridized carbons (Fsp3) is 0.348. The zero-order valence-corrected chi connectivity index (χ0v) is 16.8. The minimum Gasteiger partial charge on any atom is -0.497 e. The number of morpholine rings is 1. The lowest BCUT2D eigenvalue weighted by atomic mass is 10.1. The first-order chi connectivity index (χ1) is 14.1. The van der Waals surface area contributed by atoms with Crippen molar-refractivity contribution in [3.05, 3.63) is 65.4 Å². The summed E-state index contributed by atoms with van der Waals surface area (Å²) in [6.07, 6.45) is -0.0406. The highest BCUT2D eigenvalue weighted by Crippen LogP contribution is 2.28. The molecule has 0 bridgehead atoms. The van der Waals surface area contributed by atoms with Crippen molar-refractivity contribution in [3.63, 3.8) is 0 Å². The predicted octanol–water partition coefficient (Wildman–Crippen LogP) is 3.38. The van der Waals surface area contributed by atoms with Crippen molar-refractivity contribution in [3.8, 4) is 5.75 Å². The van der Waals surface area contributed by atoms with Crippen LogP contribution < -0.4 is 10.1 Å². The first-order valence-corrected chi connectivity index (χ1v) is 9.87. The van der Waals surface area contributed by atoms with Gasteiger partial charge in [-0.15, -0.1) is 0 Å². The molecule has 1 aliphatic rings. The van der Waals surface area contributed by atoms with Crippen LogP contribution in [-0.2, 0) is 11.3 Å². The smallest absolute Gasteiger partial charge is 0.287 e. The Bertz CT molecular complexity index is 983. The van der Waals surface area contributed by atoms with Crippen LogP contribution in [0.3, 0.4) is 0 Å². The van der Waals surface area contributed by atoms with E-state index in [-0.39, 0.29) is 12.0 Å². The molecule has 1 saturated heterocycles. The number of benzene rings is 2. The third-order valence-corrected chi connectivity index (χ3v) is 5.31. The second-order valence-electron chi connectivity index (χ2n) is 7.34. The van der Waals surface area contributed by atoms with Gasteiger partial charge in [0.25, 0.3) is 5.91 Å². The van der Waals surface area contributed by atoms with Gasteiger partial charge in [-0.2, -0.15) is 0 Å². The molecule has 0 spiro atoms. The van der Waals surface area contributed by atoms with Gasteiger partial charge in [-0.05, 0) is 30.7 Å². The number of furan rings is 1. The number of rotatable bonds is 6. The molecule has 1 N–H and O–H groups in total. The summed E-state index contributed by atoms with van der Waals surface area (Å²) in [5, 5.41) is 3.85. The largest absolute Gasteiger partial charge is 0.497 e. The quantitative estimate of drug-likeness (QED) is 0.694. The van der Waals surface area contributed by atoms with Crippen molar-refractivity contribution in [2.75, 3.05) is 33.4 Å². The van der Waals surface area contributed by atoms with Crippen molar-refractivity contribution < 1.29 is 18.7 Å². The Hall–Kier alpha value is -2.83. The molecule has 6 heteroatoms. The molecule has 0 radical (unpaired) electrons. The van der Waals surface area contributed by atoms with Crippen molar-refractivity contribution in [1.29, 1.82) is 0 Å². The molecule has 0 saturated carbocycles. The van der Waals surface area contributed by atoms with Crippen molar-refractivity contribution in [1.82, 2.24) is 10.2 Å². The number of nitrogens with one attached hydrogen (secondary N) is 1. The lowest BCUT2D eigenvalue weighted by Crippen LogP contribution is -2.47. The van der Waals surface area contributed by atoms with Gasteiger partial charge in [-0.1, -0.05) is 30.3 Å². The van der Waals surface area contributed by atoms with Gasteiger partial charge < -0.3 is 19.2 Å². The summed E-state index contributed by atoms with van der Waals surface area (Å²) in [5.74, 6) is 0.856. The number of amides is 1. The SMILES string of the molecule is COc1ccc2oc(C(=O)NC[C@H]3CN(Cc4ccccc4)CCO3)c(C)c2c1. The van der Waals surface area contributed by atoms with Crippen LogP contribution in [-0.4, -0.2) is 50.3 Å². The van der Waals surface area contributed by atoms with E-state index in [1.807, 2.05) is 31.2 Å². The minimum absolute atomic E-state index is 0.0406. The minimum atomic E-state index is -0.221. The molecular weight excluding hydrogens is 368 g/mol. The van der Waals surface area contributed by atoms with Gasteiger partial charge >= 0.3 is 0 Å². The van der Waals surface area contributed by atoms with Gasteiger partial charge in [0.05, 0.1) is 19.8 Å². The van der Waals surface area contributed by atoms with E-state index in [1.165, 1.54) is 5.56 Å². The van der Waals surface area contributed by atoms with E-state index in [0.717, 1.165) is 36.3 Å². The summed E-state index contributed by atoms with van der Waals surface area (Å²) < 4.78 is 16.9. The summed E-state index contributed by atoms with van der Waals surface area (Å²) in [4.78, 5) is 15.1. The molecule has 1 fully saturated rings. The average Bonchev–Trinajstić information content (AvgIpc) is 3.09. The molecule has 1 aliphatic heterocycles. The molecule has 0 aliphatic carbocycles. The molecule has 2 aromatic carbocycles. The maximum Gasteiger partial charge on any atom is 0.287 e. The van der Waals surface area contributed by atoms with Crippen LogP contribution in [0.5, 0.6) is 5.75 Å². The van der Waals surface area contributed by atoms with Crippen LogP contribution in [0.1, 0.15) is 21.7 Å². The third kappa shape index (κ3) is 4.44. The van der Waals surface area contributed by atoms with Gasteiger partial charge in [0.2, 0.25) is 0 Å². The number of carbonyl (C=O) groups is 1. The summed E-state index contributed by atoms with van der Waals surface area (Å²) in [5.41, 5.74) is 2.77. The van der Waals surface area contributed by atoms with E-state index in [2.05, 4.69) is 34.5 Å². The number of aryl methyl sites for hydroxylation is 1. The van der Waals surface area contributed by atoms with Crippen LogP contribution in [0.4, 0.5) is 0 Å². The van der Waals surface area contributed by atoms with Crippen molar-refractivity contribution in [2.45, 2.75) is 19.6 Å². The fourth-order valence-corrected chi connectivity index (χ4v) is 3.72. The second kappa shape index (κ2) is 8.68. The number of carbonyl (C=O) groups excluding carboxylic acids is 1. The van der Waals surface area contributed by atoms with E-state index in [9.17, 15) is 4.79 Å². The number of nitrogens with zero attached hydrogens (tertiary/aromatic N) is 1. The Morgan fingerprint density at radius 3 is 2.86 bits per heavy atom. The first kappa shape index (κ1) is 19.5. The summed E-state index contributed by atoms with van der Waals surface area (Å²) in [6.45, 7) is 5.56. The van der Waals surface area contributed by atoms with Crippen molar-refractivity contribution in [2.24, 2.45) is 0 Å². The topological polar surface area (TPSA) is 63.9 Å². The van der Waals surface area contributed by atoms with Crippen LogP contribution in [0, 0.1) is 6.92 Å². The zero-order chi connectivity index (χ0) is 20.2. The number of hydrogen-bond donors (Lipinski definition) is 1. The summed E-state index contributed by atoms with van der Waals surface area (Å²) >= 11 is 0. The Kier molecular flexibility index (Phi) is 5.83. The molecule has 1 amide bonds. The predicted molar refractivity (Wildman–Crippen MR) is 111 cm³/mol. The number of fused-ring (bicyclic) bond motifs is 1. The van der Waals surface area contributed by atoms with Crippen LogP contribution in [0.2, 0.25) is 0 Å². The average molecular weight is 394 g/mol. The van der Waals surface area contributed by atoms with Gasteiger partial charge in [0.15, 0.2) is 5.76 Å².